The maximum Gasteiger partial charge on any atom is 0.427 e. The molecule has 2 aliphatic rings. The van der Waals surface area contributed by atoms with Gasteiger partial charge in [0.05, 0.1) is 22.7 Å². The smallest absolute Gasteiger partial charge is 0.427 e. The van der Waals surface area contributed by atoms with Crippen molar-refractivity contribution in [3.05, 3.63) is 48.3 Å². The van der Waals surface area contributed by atoms with Gasteiger partial charge in [-0.25, -0.2) is 17.6 Å². The van der Waals surface area contributed by atoms with Gasteiger partial charge in [0.25, 0.3) is 10.0 Å². The lowest BCUT2D eigenvalue weighted by Gasteiger charge is -2.31. The van der Waals surface area contributed by atoms with Gasteiger partial charge in [0.15, 0.2) is 0 Å². The lowest BCUT2D eigenvalue weighted by Crippen LogP contribution is -2.44. The molecule has 0 saturated heterocycles. The van der Waals surface area contributed by atoms with Crippen LogP contribution in [0.5, 0.6) is 5.75 Å². The fourth-order valence-corrected chi connectivity index (χ4v) is 5.37. The number of carbonyl (C=O) groups is 2. The number of rotatable bonds is 6. The first kappa shape index (κ1) is 31.9. The zero-order chi connectivity index (χ0) is 30.8. The number of nitrogens with one attached hydrogen (secondary N) is 2. The summed E-state index contributed by atoms with van der Waals surface area (Å²) in [7, 11) is 1.49. The fourth-order valence-electron chi connectivity index (χ4n) is 3.92. The number of carbonyl (C=O) groups excluding carboxylic acids is 2. The summed E-state index contributed by atoms with van der Waals surface area (Å²) in [6, 6.07) is 8.16. The molecule has 1 saturated carbocycles. The third kappa shape index (κ3) is 7.01. The van der Waals surface area contributed by atoms with Gasteiger partial charge in [-0.05, 0) is 83.2 Å². The number of fused-ring (bicyclic) bond motifs is 1. The molecule has 1 aliphatic carbocycles. The average molecular weight is 605 g/mol. The Morgan fingerprint density at radius 1 is 1.07 bits per heavy atom. The summed E-state index contributed by atoms with van der Waals surface area (Å²) in [4.78, 5) is 25.0. The van der Waals surface area contributed by atoms with Crippen molar-refractivity contribution < 1.29 is 45.0 Å². The molecule has 2 N–H and O–H groups in total. The second-order valence-electron chi connectivity index (χ2n) is 10.1. The maximum absolute atomic E-state index is 13.2. The summed E-state index contributed by atoms with van der Waals surface area (Å²) in [5.74, 6) is -0.267. The number of amides is 2. The monoisotopic (exact) mass is 604 g/mol. The van der Waals surface area contributed by atoms with Gasteiger partial charge < -0.3 is 14.8 Å². The molecular weight excluding hydrogens is 572 g/mol. The molecule has 0 spiro atoms. The van der Waals surface area contributed by atoms with Crippen molar-refractivity contribution in [2.45, 2.75) is 48.9 Å². The molecule has 4 rings (SSSR count). The maximum atomic E-state index is 13.2. The highest BCUT2D eigenvalue weighted by atomic mass is 32.2. The van der Waals surface area contributed by atoms with Crippen molar-refractivity contribution in [3.63, 3.8) is 0 Å². The second kappa shape index (κ2) is 11.7. The topological polar surface area (TPSA) is 117 Å². The molecule has 1 fully saturated rings. The first-order valence-electron chi connectivity index (χ1n) is 12.5. The van der Waals surface area contributed by atoms with E-state index in [1.165, 1.54) is 18.2 Å². The molecule has 0 unspecified atom stereocenters. The molecule has 0 radical (unpaired) electrons. The van der Waals surface area contributed by atoms with Crippen molar-refractivity contribution in [1.29, 1.82) is 0 Å². The molecule has 1 aliphatic heterocycles. The summed E-state index contributed by atoms with van der Waals surface area (Å²) in [6.45, 7) is 1.37. The van der Waals surface area contributed by atoms with Crippen LogP contribution in [0.1, 0.15) is 26.7 Å². The first-order chi connectivity index (χ1) is 18.9. The van der Waals surface area contributed by atoms with E-state index < -0.39 is 33.7 Å². The van der Waals surface area contributed by atoms with Crippen LogP contribution < -0.4 is 19.7 Å². The Labute approximate surface area is 235 Å². The normalized spacial score (nSPS) is 16.0. The van der Waals surface area contributed by atoms with Crippen LogP contribution >= 0.6 is 0 Å². The van der Waals surface area contributed by atoms with Gasteiger partial charge in [0, 0.05) is 12.7 Å². The average Bonchev–Trinajstić information content (AvgIpc) is 3.70. The van der Waals surface area contributed by atoms with Crippen LogP contribution in [0.4, 0.5) is 33.7 Å². The Balaban J connectivity index is 0.000000389. The minimum absolute atomic E-state index is 0.00784. The molecule has 0 bridgehead atoms. The van der Waals surface area contributed by atoms with Crippen LogP contribution in [-0.2, 0) is 19.6 Å². The van der Waals surface area contributed by atoms with Crippen LogP contribution in [0.25, 0.3) is 0 Å². The highest BCUT2D eigenvalue weighted by Crippen LogP contribution is 2.40. The summed E-state index contributed by atoms with van der Waals surface area (Å²) in [5, 5.41) is 4.82. The molecule has 2 aromatic carbocycles. The second-order valence-corrected chi connectivity index (χ2v) is 12.0. The number of alkyl halides is 3. The summed E-state index contributed by atoms with van der Waals surface area (Å²) >= 11 is 0. The Morgan fingerprint density at radius 3 is 2.17 bits per heavy atom. The van der Waals surface area contributed by atoms with E-state index in [9.17, 15) is 35.6 Å². The van der Waals surface area contributed by atoms with E-state index in [1.807, 2.05) is 19.0 Å². The fraction of sp³-hybridized carbons (Fsp3) is 0.462. The molecule has 41 heavy (non-hydrogen) atoms. The number of anilines is 2. The summed E-state index contributed by atoms with van der Waals surface area (Å²) < 4.78 is 88.8. The number of likely N-dealkylation sites (N-methyl/N-ethyl adjacent to an activating group) is 2. The zero-order valence-corrected chi connectivity index (χ0v) is 24.0. The zero-order valence-electron chi connectivity index (χ0n) is 23.1. The Morgan fingerprint density at radius 2 is 1.68 bits per heavy atom. The van der Waals surface area contributed by atoms with Gasteiger partial charge in [-0.1, -0.05) is 0 Å². The minimum atomic E-state index is -4.78. The minimum Gasteiger partial charge on any atom is -0.489 e. The van der Waals surface area contributed by atoms with Gasteiger partial charge in [0.2, 0.25) is 11.5 Å². The summed E-state index contributed by atoms with van der Waals surface area (Å²) in [6.07, 6.45) is -4.15. The van der Waals surface area contributed by atoms with E-state index in [0.717, 1.165) is 41.4 Å². The Bertz CT molecular complexity index is 1380. The number of hydrogen-bond acceptors (Lipinski definition) is 7. The lowest BCUT2D eigenvalue weighted by molar-refractivity contribution is -0.242. The standard InChI is InChI=1S/C19H18F4N2O5S.C7H14N2O/c1-18(2,19(21,22)23)30-17(26)24-13-5-8-16-15(11-13)25(9-10-29-16)31(27,28)14-6-3-12(20)4-7-14;1-8-6(10)7(4-5-7)9(2)3/h3-8,11H,9-10H2,1-2H3,(H,24,26);4-5H2,1-3H3,(H,8,10). The van der Waals surface area contributed by atoms with Gasteiger partial charge >= 0.3 is 12.3 Å². The summed E-state index contributed by atoms with van der Waals surface area (Å²) in [5.41, 5.74) is -2.84. The quantitative estimate of drug-likeness (QED) is 0.477. The molecule has 1 heterocycles. The van der Waals surface area contributed by atoms with E-state index in [0.29, 0.717) is 13.8 Å². The number of halogens is 4. The van der Waals surface area contributed by atoms with E-state index in [1.54, 1.807) is 7.05 Å². The Hall–Kier alpha value is -3.59. The third-order valence-corrected chi connectivity index (χ3v) is 8.51. The van der Waals surface area contributed by atoms with Gasteiger partial charge in [0.1, 0.15) is 18.2 Å². The number of ether oxygens (including phenoxy) is 2. The molecular formula is C26H32F4N4O6S. The van der Waals surface area contributed by atoms with Crippen molar-refractivity contribution in [1.82, 2.24) is 10.2 Å². The third-order valence-electron chi connectivity index (χ3n) is 6.69. The van der Waals surface area contributed by atoms with Gasteiger partial charge in [-0.2, -0.15) is 13.2 Å². The van der Waals surface area contributed by atoms with E-state index in [4.69, 9.17) is 4.74 Å². The van der Waals surface area contributed by atoms with Crippen molar-refractivity contribution in [2.24, 2.45) is 0 Å². The van der Waals surface area contributed by atoms with Crippen LogP contribution in [-0.4, -0.2) is 76.9 Å². The molecule has 15 heteroatoms. The highest BCUT2D eigenvalue weighted by Gasteiger charge is 2.52. The van der Waals surface area contributed by atoms with Crippen LogP contribution in [0.15, 0.2) is 47.4 Å². The number of sulfonamides is 1. The lowest BCUT2D eigenvalue weighted by atomic mass is 10.1. The number of nitrogens with zero attached hydrogens (tertiary/aromatic N) is 2. The van der Waals surface area contributed by atoms with Gasteiger partial charge in [-0.15, -0.1) is 0 Å². The predicted octanol–water partition coefficient (Wildman–Crippen LogP) is 4.13. The molecule has 2 aromatic rings. The van der Waals surface area contributed by atoms with E-state index in [-0.39, 0.29) is 46.6 Å². The predicted molar refractivity (Wildman–Crippen MR) is 143 cm³/mol. The van der Waals surface area contributed by atoms with E-state index >= 15 is 0 Å². The highest BCUT2D eigenvalue weighted by molar-refractivity contribution is 7.92. The van der Waals surface area contributed by atoms with Crippen LogP contribution in [0.2, 0.25) is 0 Å². The van der Waals surface area contributed by atoms with Crippen LogP contribution in [0, 0.1) is 5.82 Å². The van der Waals surface area contributed by atoms with Gasteiger partial charge in [-0.3, -0.25) is 19.3 Å². The number of benzene rings is 2. The molecule has 0 atom stereocenters. The van der Waals surface area contributed by atoms with Crippen molar-refractivity contribution in [2.75, 3.05) is 43.9 Å². The SMILES string of the molecule is CC(C)(OC(=O)Nc1ccc2c(c1)N(S(=O)(=O)c1ccc(F)cc1)CCO2)C(F)(F)F.CNC(=O)C1(N(C)C)CC1. The molecule has 0 aromatic heterocycles. The first-order valence-corrected chi connectivity index (χ1v) is 13.9. The van der Waals surface area contributed by atoms with Crippen molar-refractivity contribution in [3.8, 4) is 5.75 Å². The molecule has 2 amide bonds. The van der Waals surface area contributed by atoms with E-state index in [2.05, 4.69) is 15.4 Å². The largest absolute Gasteiger partial charge is 0.489 e. The number of hydrogen-bond donors (Lipinski definition) is 2. The molecule has 10 nitrogen and oxygen atoms in total. The Kier molecular flexibility index (Phi) is 9.13. The molecule has 226 valence electrons. The van der Waals surface area contributed by atoms with Crippen LogP contribution in [0.3, 0.4) is 0 Å². The van der Waals surface area contributed by atoms with Crippen molar-refractivity contribution >= 4 is 33.4 Å².